The number of ketones is 2. The van der Waals surface area contributed by atoms with Crippen LogP contribution in [0.2, 0.25) is 0 Å². The Kier molecular flexibility index (Phi) is 2.66. The molecule has 0 N–H and O–H groups in total. The molecule has 0 fully saturated rings. The Bertz CT molecular complexity index is 867. The minimum absolute atomic E-state index is 0.0403. The Labute approximate surface area is 129 Å². The summed E-state index contributed by atoms with van der Waals surface area (Å²) in [5.41, 5.74) is -0.204. The second-order valence-corrected chi connectivity index (χ2v) is 6.12. The summed E-state index contributed by atoms with van der Waals surface area (Å²) < 4.78 is 38.6. The lowest BCUT2D eigenvalue weighted by Gasteiger charge is -2.18. The largest absolute Gasteiger partial charge is 0.416 e. The van der Waals surface area contributed by atoms with Crippen LogP contribution in [0.15, 0.2) is 42.5 Å². The van der Waals surface area contributed by atoms with E-state index in [0.29, 0.717) is 11.1 Å². The lowest BCUT2D eigenvalue weighted by atomic mass is 9.80. The monoisotopic (exact) mass is 316 g/mol. The standard InChI is InChI=1S/C18H11F3O2/c19-18(20,21)12-5-6-14-11(7-12)9-17(16(14)23)8-10-3-1-2-4-13(10)15(17)22/h1-7H,8-9H2. The fourth-order valence-corrected chi connectivity index (χ4v) is 3.69. The number of halogens is 3. The van der Waals surface area contributed by atoms with Gasteiger partial charge in [-0.25, -0.2) is 0 Å². The highest BCUT2D eigenvalue weighted by atomic mass is 19.4. The Hall–Kier alpha value is -2.43. The molecule has 0 saturated heterocycles. The van der Waals surface area contributed by atoms with E-state index in [9.17, 15) is 22.8 Å². The van der Waals surface area contributed by atoms with Crippen molar-refractivity contribution in [3.8, 4) is 0 Å². The third-order valence-corrected chi connectivity index (χ3v) is 4.79. The van der Waals surface area contributed by atoms with E-state index in [4.69, 9.17) is 0 Å². The van der Waals surface area contributed by atoms with Gasteiger partial charge in [-0.15, -0.1) is 0 Å². The van der Waals surface area contributed by atoms with E-state index in [0.717, 1.165) is 17.7 Å². The Morgan fingerprint density at radius 2 is 1.43 bits per heavy atom. The van der Waals surface area contributed by atoms with Crippen molar-refractivity contribution in [1.29, 1.82) is 0 Å². The first-order valence-electron chi connectivity index (χ1n) is 7.20. The highest BCUT2D eigenvalue weighted by Crippen LogP contribution is 2.47. The molecule has 1 unspecified atom stereocenters. The van der Waals surface area contributed by atoms with Gasteiger partial charge in [-0.05, 0) is 36.1 Å². The summed E-state index contributed by atoms with van der Waals surface area (Å²) in [4.78, 5) is 25.5. The van der Waals surface area contributed by atoms with E-state index in [-0.39, 0.29) is 30.0 Å². The van der Waals surface area contributed by atoms with Crippen molar-refractivity contribution >= 4 is 11.6 Å². The Balaban J connectivity index is 1.81. The van der Waals surface area contributed by atoms with Crippen molar-refractivity contribution in [2.75, 3.05) is 0 Å². The average Bonchev–Trinajstić information content (AvgIpc) is 2.95. The topological polar surface area (TPSA) is 34.1 Å². The number of alkyl halides is 3. The molecule has 0 saturated carbocycles. The predicted molar refractivity (Wildman–Crippen MR) is 76.4 cm³/mol. The summed E-state index contributed by atoms with van der Waals surface area (Å²) in [6.07, 6.45) is -4.16. The smallest absolute Gasteiger partial charge is 0.293 e. The predicted octanol–water partition coefficient (Wildman–Crippen LogP) is 3.87. The highest BCUT2D eigenvalue weighted by molar-refractivity contribution is 6.24. The minimum atomic E-state index is -4.46. The second-order valence-electron chi connectivity index (χ2n) is 6.12. The number of hydrogen-bond acceptors (Lipinski definition) is 2. The van der Waals surface area contributed by atoms with Crippen LogP contribution in [-0.2, 0) is 19.0 Å². The molecule has 1 atom stereocenters. The first kappa shape index (κ1) is 14.2. The molecule has 0 heterocycles. The summed E-state index contributed by atoms with van der Waals surface area (Å²) in [5.74, 6) is -0.634. The summed E-state index contributed by atoms with van der Waals surface area (Å²) in [7, 11) is 0. The van der Waals surface area contributed by atoms with E-state index in [1.54, 1.807) is 24.3 Å². The van der Waals surface area contributed by atoms with Crippen molar-refractivity contribution < 1.29 is 22.8 Å². The SMILES string of the molecule is O=C1c2ccccc2CC12Cc1cc(C(F)(F)F)ccc1C2=O. The lowest BCUT2D eigenvalue weighted by molar-refractivity contribution is -0.137. The molecule has 2 aliphatic carbocycles. The number of hydrogen-bond donors (Lipinski definition) is 0. The normalized spacial score (nSPS) is 22.6. The maximum Gasteiger partial charge on any atom is 0.416 e. The molecule has 0 aromatic heterocycles. The number of carbonyl (C=O) groups excluding carboxylic acids is 2. The highest BCUT2D eigenvalue weighted by Gasteiger charge is 2.55. The number of Topliss-reactive ketones (excluding diaryl/α,β-unsaturated/α-hetero) is 2. The summed E-state index contributed by atoms with van der Waals surface area (Å²) in [5, 5.41) is 0. The van der Waals surface area contributed by atoms with Crippen LogP contribution in [0.5, 0.6) is 0 Å². The van der Waals surface area contributed by atoms with Gasteiger partial charge in [0, 0.05) is 11.1 Å². The molecule has 0 radical (unpaired) electrons. The van der Waals surface area contributed by atoms with Crippen molar-refractivity contribution in [3.05, 3.63) is 70.3 Å². The van der Waals surface area contributed by atoms with Gasteiger partial charge in [0.2, 0.25) is 0 Å². The van der Waals surface area contributed by atoms with E-state index in [1.807, 2.05) is 0 Å². The second kappa shape index (κ2) is 4.31. The summed E-state index contributed by atoms with van der Waals surface area (Å²) in [6, 6.07) is 10.1. The molecular formula is C18H11F3O2. The molecule has 5 heteroatoms. The minimum Gasteiger partial charge on any atom is -0.293 e. The molecule has 2 aromatic carbocycles. The zero-order valence-electron chi connectivity index (χ0n) is 11.9. The third-order valence-electron chi connectivity index (χ3n) is 4.79. The molecule has 2 nitrogen and oxygen atoms in total. The molecule has 0 aliphatic heterocycles. The van der Waals surface area contributed by atoms with Gasteiger partial charge in [0.1, 0.15) is 5.41 Å². The summed E-state index contributed by atoms with van der Waals surface area (Å²) in [6.45, 7) is 0. The van der Waals surface area contributed by atoms with Crippen molar-refractivity contribution in [2.45, 2.75) is 19.0 Å². The van der Waals surface area contributed by atoms with E-state index in [2.05, 4.69) is 0 Å². The van der Waals surface area contributed by atoms with Gasteiger partial charge in [-0.3, -0.25) is 9.59 Å². The van der Waals surface area contributed by atoms with Crippen LogP contribution < -0.4 is 0 Å². The molecular weight excluding hydrogens is 305 g/mol. The fraction of sp³-hybridized carbons (Fsp3) is 0.222. The van der Waals surface area contributed by atoms with Crippen molar-refractivity contribution in [1.82, 2.24) is 0 Å². The van der Waals surface area contributed by atoms with Gasteiger partial charge in [-0.1, -0.05) is 30.3 Å². The van der Waals surface area contributed by atoms with E-state index < -0.39 is 17.2 Å². The van der Waals surface area contributed by atoms with Crippen LogP contribution in [0.4, 0.5) is 13.2 Å². The lowest BCUT2D eigenvalue weighted by Crippen LogP contribution is -2.34. The van der Waals surface area contributed by atoms with Gasteiger partial charge in [0.25, 0.3) is 0 Å². The van der Waals surface area contributed by atoms with Crippen molar-refractivity contribution in [3.63, 3.8) is 0 Å². The first-order valence-corrected chi connectivity index (χ1v) is 7.20. The maximum atomic E-state index is 12.9. The maximum absolute atomic E-state index is 12.9. The number of fused-ring (bicyclic) bond motifs is 2. The van der Waals surface area contributed by atoms with E-state index in [1.165, 1.54) is 6.07 Å². The van der Waals surface area contributed by atoms with Gasteiger partial charge >= 0.3 is 6.18 Å². The average molecular weight is 316 g/mol. The van der Waals surface area contributed by atoms with Gasteiger partial charge in [0.05, 0.1) is 5.56 Å². The van der Waals surface area contributed by atoms with Crippen LogP contribution >= 0.6 is 0 Å². The quantitative estimate of drug-likeness (QED) is 0.692. The van der Waals surface area contributed by atoms with Gasteiger partial charge in [-0.2, -0.15) is 13.2 Å². The van der Waals surface area contributed by atoms with Gasteiger partial charge in [0.15, 0.2) is 11.6 Å². The number of rotatable bonds is 0. The molecule has 0 amide bonds. The van der Waals surface area contributed by atoms with Gasteiger partial charge < -0.3 is 0 Å². The molecule has 0 bridgehead atoms. The first-order chi connectivity index (χ1) is 10.8. The summed E-state index contributed by atoms with van der Waals surface area (Å²) >= 11 is 0. The Morgan fingerprint density at radius 1 is 0.826 bits per heavy atom. The zero-order valence-corrected chi connectivity index (χ0v) is 11.9. The number of benzene rings is 2. The van der Waals surface area contributed by atoms with Crippen molar-refractivity contribution in [2.24, 2.45) is 5.41 Å². The third kappa shape index (κ3) is 1.82. The van der Waals surface area contributed by atoms with Crippen LogP contribution in [0, 0.1) is 5.41 Å². The molecule has 116 valence electrons. The number of carbonyl (C=O) groups is 2. The molecule has 2 aromatic rings. The van der Waals surface area contributed by atoms with Crippen LogP contribution in [-0.4, -0.2) is 11.6 Å². The molecule has 23 heavy (non-hydrogen) atoms. The van der Waals surface area contributed by atoms with Crippen LogP contribution in [0.3, 0.4) is 0 Å². The fourth-order valence-electron chi connectivity index (χ4n) is 3.69. The molecule has 1 spiro atoms. The van der Waals surface area contributed by atoms with E-state index >= 15 is 0 Å². The van der Waals surface area contributed by atoms with Crippen LogP contribution in [0.1, 0.15) is 37.4 Å². The zero-order chi connectivity index (χ0) is 16.4. The van der Waals surface area contributed by atoms with Crippen LogP contribution in [0.25, 0.3) is 0 Å². The molecule has 2 aliphatic rings. The Morgan fingerprint density at radius 3 is 2.09 bits per heavy atom. The molecule has 4 rings (SSSR count).